The van der Waals surface area contributed by atoms with E-state index in [2.05, 4.69) is 21.9 Å². The van der Waals surface area contributed by atoms with Gasteiger partial charge in [-0.3, -0.25) is 10.1 Å². The highest BCUT2D eigenvalue weighted by Gasteiger charge is 2.49. The number of rotatable bonds is 3. The van der Waals surface area contributed by atoms with Gasteiger partial charge in [-0.25, -0.2) is 0 Å². The van der Waals surface area contributed by atoms with Crippen LogP contribution in [0.3, 0.4) is 0 Å². The fraction of sp³-hybridized carbons (Fsp3) is 0.520. The summed E-state index contributed by atoms with van der Waals surface area (Å²) in [6, 6.07) is 14.7. The van der Waals surface area contributed by atoms with Crippen molar-refractivity contribution in [3.8, 4) is 0 Å². The Kier molecular flexibility index (Phi) is 8.88. The van der Waals surface area contributed by atoms with E-state index in [-0.39, 0.29) is 36.7 Å². The van der Waals surface area contributed by atoms with Gasteiger partial charge in [0.2, 0.25) is 0 Å². The predicted octanol–water partition coefficient (Wildman–Crippen LogP) is 3.70. The molecule has 4 aliphatic rings. The molecule has 0 amide bonds. The summed E-state index contributed by atoms with van der Waals surface area (Å²) in [4.78, 5) is 14.6. The number of nitrogens with zero attached hydrogens (tertiary/aromatic N) is 3. The Bertz CT molecular complexity index is 911. The topological polar surface area (TPSA) is 114 Å². The maximum atomic E-state index is 10.5. The molecule has 2 spiro atoms. The lowest BCUT2D eigenvalue weighted by Crippen LogP contribution is -2.68. The Hall–Kier alpha value is -2.88. The van der Waals surface area contributed by atoms with Gasteiger partial charge in [0.25, 0.3) is 5.69 Å². The quantitative estimate of drug-likeness (QED) is 0.393. The number of non-ortho nitro benzene ring substituents is 1. The van der Waals surface area contributed by atoms with Gasteiger partial charge in [-0.15, -0.1) is 0 Å². The molecule has 4 heterocycles. The van der Waals surface area contributed by atoms with Crippen LogP contribution in [0.4, 0.5) is 22.7 Å². The SMILES string of the molecule is C.C.CO.Nc1ccc(N2CC3(CCO3)C2)cc1.O=[N+]([O-])c1ccc(N2CC3(CCO3)C2)cc1. The van der Waals surface area contributed by atoms with Gasteiger partial charge in [-0.1, -0.05) is 14.9 Å². The highest BCUT2D eigenvalue weighted by molar-refractivity contribution is 5.56. The normalized spacial score (nSPS) is 19.7. The summed E-state index contributed by atoms with van der Waals surface area (Å²) in [7, 11) is 1.00. The number of nitro benzene ring substituents is 1. The lowest BCUT2D eigenvalue weighted by Gasteiger charge is -2.56. The zero-order valence-electron chi connectivity index (χ0n) is 18.3. The van der Waals surface area contributed by atoms with Crippen molar-refractivity contribution in [1.29, 1.82) is 0 Å². The Morgan fingerprint density at radius 2 is 1.18 bits per heavy atom. The number of nitrogens with two attached hydrogens (primary N) is 1. The molecule has 4 saturated heterocycles. The number of nitro groups is 1. The molecule has 6 rings (SSSR count). The smallest absolute Gasteiger partial charge is 0.269 e. The van der Waals surface area contributed by atoms with Gasteiger partial charge < -0.3 is 30.1 Å². The van der Waals surface area contributed by atoms with Crippen LogP contribution in [-0.2, 0) is 9.47 Å². The number of ether oxygens (including phenoxy) is 2. The Morgan fingerprint density at radius 3 is 1.47 bits per heavy atom. The summed E-state index contributed by atoms with van der Waals surface area (Å²) < 4.78 is 11.1. The molecule has 2 aromatic rings. The van der Waals surface area contributed by atoms with E-state index < -0.39 is 0 Å². The minimum atomic E-state index is -0.379. The van der Waals surface area contributed by atoms with E-state index in [0.29, 0.717) is 0 Å². The van der Waals surface area contributed by atoms with Crippen molar-refractivity contribution < 1.29 is 19.5 Å². The molecule has 0 aliphatic carbocycles. The first-order valence-electron chi connectivity index (χ1n) is 10.8. The van der Waals surface area contributed by atoms with Crippen molar-refractivity contribution in [2.24, 2.45) is 0 Å². The van der Waals surface area contributed by atoms with Gasteiger partial charge in [0, 0.05) is 75.3 Å². The van der Waals surface area contributed by atoms with E-state index in [1.54, 1.807) is 24.3 Å². The van der Waals surface area contributed by atoms with Gasteiger partial charge in [0.05, 0.1) is 18.1 Å². The summed E-state index contributed by atoms with van der Waals surface area (Å²) in [5, 5.41) is 17.5. The van der Waals surface area contributed by atoms with Crippen molar-refractivity contribution in [2.75, 3.05) is 62.0 Å². The third kappa shape index (κ3) is 5.43. The van der Waals surface area contributed by atoms with E-state index in [9.17, 15) is 10.1 Å². The van der Waals surface area contributed by atoms with Gasteiger partial charge in [0.15, 0.2) is 0 Å². The standard InChI is InChI=1S/C11H12N2O3.C11H14N2O.CH4O.2CH4/c14-13(15)10-3-1-9(2-4-10)12-7-11(8-12)5-6-16-11;12-9-1-3-10(4-2-9)13-7-11(8-13)5-6-14-11;1-2;;/h1-4H,5-8H2;1-4H,5-8,12H2;2H,1H3;2*1H4. The number of hydrogen-bond donors (Lipinski definition) is 2. The summed E-state index contributed by atoms with van der Waals surface area (Å²) >= 11 is 0. The Labute approximate surface area is 202 Å². The fourth-order valence-corrected chi connectivity index (χ4v) is 4.41. The maximum Gasteiger partial charge on any atom is 0.269 e. The summed E-state index contributed by atoms with van der Waals surface area (Å²) in [5.74, 6) is 0. The van der Waals surface area contributed by atoms with Crippen LogP contribution in [0.25, 0.3) is 0 Å². The molecule has 2 aromatic carbocycles. The Balaban J connectivity index is 0.000000214. The first kappa shape index (κ1) is 27.4. The zero-order chi connectivity index (χ0) is 22.8. The number of aliphatic hydroxyl groups is 1. The number of hydrogen-bond acceptors (Lipinski definition) is 8. The molecule has 0 atom stereocenters. The van der Waals surface area contributed by atoms with Crippen molar-refractivity contribution in [1.82, 2.24) is 0 Å². The van der Waals surface area contributed by atoms with Gasteiger partial charge >= 0.3 is 0 Å². The summed E-state index contributed by atoms with van der Waals surface area (Å²) in [6.07, 6.45) is 2.36. The molecule has 9 nitrogen and oxygen atoms in total. The molecule has 0 aromatic heterocycles. The third-order valence-corrected chi connectivity index (χ3v) is 6.53. The van der Waals surface area contributed by atoms with Crippen LogP contribution in [-0.4, -0.2) is 67.7 Å². The fourth-order valence-electron chi connectivity index (χ4n) is 4.41. The lowest BCUT2D eigenvalue weighted by atomic mass is 9.86. The maximum absolute atomic E-state index is 10.5. The highest BCUT2D eigenvalue weighted by Crippen LogP contribution is 2.39. The lowest BCUT2D eigenvalue weighted by molar-refractivity contribution is -0.384. The molecule has 9 heteroatoms. The number of benzene rings is 2. The van der Waals surface area contributed by atoms with Crippen molar-refractivity contribution >= 4 is 22.7 Å². The van der Waals surface area contributed by atoms with Crippen LogP contribution in [0.15, 0.2) is 48.5 Å². The van der Waals surface area contributed by atoms with Crippen molar-refractivity contribution in [3.63, 3.8) is 0 Å². The summed E-state index contributed by atoms with van der Waals surface area (Å²) in [5.41, 5.74) is 9.19. The molecule has 188 valence electrons. The molecular weight excluding hydrogens is 436 g/mol. The second-order valence-corrected chi connectivity index (χ2v) is 8.64. The largest absolute Gasteiger partial charge is 0.400 e. The van der Waals surface area contributed by atoms with Crippen LogP contribution in [0.2, 0.25) is 0 Å². The van der Waals surface area contributed by atoms with E-state index in [0.717, 1.165) is 64.3 Å². The molecule has 4 fully saturated rings. The average molecular weight is 475 g/mol. The van der Waals surface area contributed by atoms with E-state index in [4.69, 9.17) is 20.3 Å². The first-order valence-corrected chi connectivity index (χ1v) is 10.8. The van der Waals surface area contributed by atoms with E-state index in [1.807, 2.05) is 12.1 Å². The number of nitrogen functional groups attached to an aromatic ring is 1. The number of anilines is 3. The predicted molar refractivity (Wildman–Crippen MR) is 137 cm³/mol. The first-order chi connectivity index (χ1) is 15.5. The highest BCUT2D eigenvalue weighted by atomic mass is 16.6. The monoisotopic (exact) mass is 474 g/mol. The van der Waals surface area contributed by atoms with Crippen LogP contribution in [0.5, 0.6) is 0 Å². The van der Waals surface area contributed by atoms with Crippen LogP contribution in [0, 0.1) is 10.1 Å². The second-order valence-electron chi connectivity index (χ2n) is 8.64. The average Bonchev–Trinajstić information content (AvgIpc) is 2.68. The molecule has 3 N–H and O–H groups in total. The van der Waals surface area contributed by atoms with Crippen LogP contribution >= 0.6 is 0 Å². The molecule has 0 bridgehead atoms. The molecule has 0 saturated carbocycles. The third-order valence-electron chi connectivity index (χ3n) is 6.53. The number of aliphatic hydroxyl groups excluding tert-OH is 1. The van der Waals surface area contributed by atoms with E-state index in [1.165, 1.54) is 12.1 Å². The molecule has 0 radical (unpaired) electrons. The van der Waals surface area contributed by atoms with Gasteiger partial charge in [-0.2, -0.15) is 0 Å². The Morgan fingerprint density at radius 1 is 0.824 bits per heavy atom. The van der Waals surface area contributed by atoms with Crippen molar-refractivity contribution in [2.45, 2.75) is 38.9 Å². The van der Waals surface area contributed by atoms with E-state index >= 15 is 0 Å². The van der Waals surface area contributed by atoms with Crippen LogP contribution < -0.4 is 15.5 Å². The minimum absolute atomic E-state index is 0. The van der Waals surface area contributed by atoms with Crippen molar-refractivity contribution in [3.05, 3.63) is 58.6 Å². The minimum Gasteiger partial charge on any atom is -0.400 e. The zero-order valence-corrected chi connectivity index (χ0v) is 18.3. The molecular formula is C25H38N4O5. The molecule has 34 heavy (non-hydrogen) atoms. The van der Waals surface area contributed by atoms with Gasteiger partial charge in [0.1, 0.15) is 11.2 Å². The molecule has 0 unspecified atom stereocenters. The molecule has 4 aliphatic heterocycles. The van der Waals surface area contributed by atoms with Gasteiger partial charge in [-0.05, 0) is 36.4 Å². The second kappa shape index (κ2) is 11.0. The summed E-state index contributed by atoms with van der Waals surface area (Å²) in [6.45, 7) is 5.70. The van der Waals surface area contributed by atoms with Crippen LogP contribution in [0.1, 0.15) is 27.7 Å².